The van der Waals surface area contributed by atoms with Gasteiger partial charge < -0.3 is 4.74 Å². The van der Waals surface area contributed by atoms with Crippen LogP contribution in [-0.2, 0) is 0 Å². The Labute approximate surface area is 157 Å². The number of pyridine rings is 1. The van der Waals surface area contributed by atoms with Gasteiger partial charge in [0, 0.05) is 5.75 Å². The van der Waals surface area contributed by atoms with Gasteiger partial charge in [-0.1, -0.05) is 48.2 Å². The monoisotopic (exact) mass is 363 g/mol. The van der Waals surface area contributed by atoms with Crippen LogP contribution in [0.25, 0.3) is 16.6 Å². The van der Waals surface area contributed by atoms with Crippen LogP contribution in [0.4, 0.5) is 0 Å². The Morgan fingerprint density at radius 1 is 0.923 bits per heavy atom. The Hall–Kier alpha value is -2.53. The molecule has 0 aliphatic carbocycles. The molecule has 2 heterocycles. The molecular weight excluding hydrogens is 342 g/mol. The first-order chi connectivity index (χ1) is 12.8. The van der Waals surface area contributed by atoms with Crippen molar-refractivity contribution in [1.82, 2.24) is 14.6 Å². The highest BCUT2D eigenvalue weighted by atomic mass is 32.2. The molecule has 0 saturated heterocycles. The number of nitrogens with zero attached hydrogens (tertiary/aromatic N) is 3. The van der Waals surface area contributed by atoms with Crippen molar-refractivity contribution in [3.8, 4) is 5.75 Å². The summed E-state index contributed by atoms with van der Waals surface area (Å²) in [6.45, 7) is 2.82. The maximum Gasteiger partial charge on any atom is 0.196 e. The predicted octanol–water partition coefficient (Wildman–Crippen LogP) is 5.14. The molecule has 4 aromatic rings. The van der Waals surface area contributed by atoms with Crippen molar-refractivity contribution in [3.63, 3.8) is 0 Å². The van der Waals surface area contributed by atoms with Gasteiger partial charge in [0.05, 0.1) is 12.1 Å². The molecule has 2 aromatic carbocycles. The number of aromatic nitrogens is 3. The van der Waals surface area contributed by atoms with Gasteiger partial charge in [-0.2, -0.15) is 0 Å². The van der Waals surface area contributed by atoms with Crippen molar-refractivity contribution in [2.24, 2.45) is 0 Å². The van der Waals surface area contributed by atoms with E-state index in [0.717, 1.165) is 47.3 Å². The van der Waals surface area contributed by atoms with Gasteiger partial charge in [-0.05, 0) is 55.0 Å². The molecule has 4 nitrogen and oxygen atoms in total. The Kier molecular flexibility index (Phi) is 5.07. The number of unbranched alkanes of at least 4 members (excludes halogenated alkanes) is 1. The van der Waals surface area contributed by atoms with E-state index < -0.39 is 0 Å². The molecule has 0 atom stereocenters. The molecule has 0 fully saturated rings. The zero-order valence-corrected chi connectivity index (χ0v) is 15.6. The molecule has 0 radical (unpaired) electrons. The van der Waals surface area contributed by atoms with Gasteiger partial charge in [-0.15, -0.1) is 10.2 Å². The number of benzene rings is 2. The van der Waals surface area contributed by atoms with Crippen LogP contribution < -0.4 is 4.74 Å². The molecule has 0 aliphatic rings. The number of ether oxygens (including phenoxy) is 1. The summed E-state index contributed by atoms with van der Waals surface area (Å²) in [6.07, 6.45) is 2.11. The van der Waals surface area contributed by atoms with E-state index in [1.165, 1.54) is 10.9 Å². The van der Waals surface area contributed by atoms with Crippen LogP contribution in [-0.4, -0.2) is 27.0 Å². The lowest BCUT2D eigenvalue weighted by atomic mass is 10.2. The van der Waals surface area contributed by atoms with Crippen LogP contribution in [0.1, 0.15) is 18.4 Å². The summed E-state index contributed by atoms with van der Waals surface area (Å²) >= 11 is 1.75. The van der Waals surface area contributed by atoms with Gasteiger partial charge in [0.25, 0.3) is 0 Å². The zero-order valence-electron chi connectivity index (χ0n) is 14.8. The van der Waals surface area contributed by atoms with Crippen molar-refractivity contribution >= 4 is 28.3 Å². The molecular formula is C21H21N3OS. The molecule has 2 aromatic heterocycles. The number of aryl methyl sites for hydroxylation is 1. The second-order valence-electron chi connectivity index (χ2n) is 6.24. The van der Waals surface area contributed by atoms with Crippen molar-refractivity contribution in [2.45, 2.75) is 24.9 Å². The number of para-hydroxylation sites is 2. The minimum Gasteiger partial charge on any atom is -0.493 e. The van der Waals surface area contributed by atoms with E-state index in [1.54, 1.807) is 11.8 Å². The molecule has 0 unspecified atom stereocenters. The van der Waals surface area contributed by atoms with Crippen molar-refractivity contribution < 1.29 is 4.74 Å². The normalized spacial score (nSPS) is 11.3. The van der Waals surface area contributed by atoms with E-state index >= 15 is 0 Å². The van der Waals surface area contributed by atoms with Crippen LogP contribution in [0.15, 0.2) is 65.8 Å². The Bertz CT molecular complexity index is 1030. The average Bonchev–Trinajstić information content (AvgIpc) is 3.09. The number of hydrogen-bond donors (Lipinski definition) is 0. The summed E-state index contributed by atoms with van der Waals surface area (Å²) < 4.78 is 8.00. The smallest absolute Gasteiger partial charge is 0.196 e. The highest BCUT2D eigenvalue weighted by molar-refractivity contribution is 7.99. The van der Waals surface area contributed by atoms with Gasteiger partial charge in [0.15, 0.2) is 10.8 Å². The first-order valence-corrected chi connectivity index (χ1v) is 9.85. The fraction of sp³-hybridized carbons (Fsp3) is 0.238. The predicted molar refractivity (Wildman–Crippen MR) is 107 cm³/mol. The van der Waals surface area contributed by atoms with Crippen molar-refractivity contribution in [1.29, 1.82) is 0 Å². The van der Waals surface area contributed by atoms with Crippen LogP contribution in [0, 0.1) is 6.92 Å². The van der Waals surface area contributed by atoms with Crippen LogP contribution in [0.2, 0.25) is 0 Å². The van der Waals surface area contributed by atoms with E-state index in [0.29, 0.717) is 0 Å². The maximum absolute atomic E-state index is 5.86. The van der Waals surface area contributed by atoms with E-state index in [-0.39, 0.29) is 0 Å². The van der Waals surface area contributed by atoms with Crippen molar-refractivity contribution in [2.75, 3.05) is 12.4 Å². The van der Waals surface area contributed by atoms with Gasteiger partial charge in [0.1, 0.15) is 5.75 Å². The lowest BCUT2D eigenvalue weighted by Gasteiger charge is -2.08. The molecule has 0 amide bonds. The first-order valence-electron chi connectivity index (χ1n) is 8.87. The van der Waals surface area contributed by atoms with Gasteiger partial charge in [0.2, 0.25) is 0 Å². The molecule has 0 saturated carbocycles. The summed E-state index contributed by atoms with van der Waals surface area (Å²) in [5.74, 6) is 1.98. The molecule has 0 N–H and O–H groups in total. The average molecular weight is 363 g/mol. The molecule has 4 rings (SSSR count). The lowest BCUT2D eigenvalue weighted by Crippen LogP contribution is -1.99. The topological polar surface area (TPSA) is 39.4 Å². The third kappa shape index (κ3) is 3.53. The van der Waals surface area contributed by atoms with Gasteiger partial charge >= 0.3 is 0 Å². The largest absolute Gasteiger partial charge is 0.493 e. The van der Waals surface area contributed by atoms with Crippen LogP contribution >= 0.6 is 11.8 Å². The summed E-state index contributed by atoms with van der Waals surface area (Å²) in [5.41, 5.74) is 3.23. The van der Waals surface area contributed by atoms with Gasteiger partial charge in [-0.3, -0.25) is 4.40 Å². The summed E-state index contributed by atoms with van der Waals surface area (Å²) in [5, 5.41) is 10.8. The maximum atomic E-state index is 5.86. The summed E-state index contributed by atoms with van der Waals surface area (Å²) in [6, 6.07) is 20.6. The second-order valence-corrected chi connectivity index (χ2v) is 7.30. The quantitative estimate of drug-likeness (QED) is 0.337. The van der Waals surface area contributed by atoms with E-state index in [9.17, 15) is 0 Å². The van der Waals surface area contributed by atoms with Crippen molar-refractivity contribution in [3.05, 3.63) is 66.2 Å². The number of hydrogen-bond acceptors (Lipinski definition) is 4. The SMILES string of the molecule is Cc1ccccc1OCCCCSc1nnc2ccc3ccccc3n12. The summed E-state index contributed by atoms with van der Waals surface area (Å²) in [4.78, 5) is 0. The first kappa shape index (κ1) is 16.9. The fourth-order valence-electron chi connectivity index (χ4n) is 2.97. The molecule has 132 valence electrons. The van der Waals surface area contributed by atoms with Crippen LogP contribution in [0.3, 0.4) is 0 Å². The molecule has 26 heavy (non-hydrogen) atoms. The Morgan fingerprint density at radius 3 is 2.69 bits per heavy atom. The minimum absolute atomic E-state index is 0.745. The van der Waals surface area contributed by atoms with Gasteiger partial charge in [-0.25, -0.2) is 0 Å². The third-order valence-corrected chi connectivity index (χ3v) is 5.38. The third-order valence-electron chi connectivity index (χ3n) is 4.37. The summed E-state index contributed by atoms with van der Waals surface area (Å²) in [7, 11) is 0. The second kappa shape index (κ2) is 7.79. The van der Waals surface area contributed by atoms with E-state index in [4.69, 9.17) is 4.74 Å². The molecule has 0 spiro atoms. The molecule has 5 heteroatoms. The van der Waals surface area contributed by atoms with Crippen LogP contribution in [0.5, 0.6) is 5.75 Å². The highest BCUT2D eigenvalue weighted by Gasteiger charge is 2.09. The van der Waals surface area contributed by atoms with E-state index in [1.807, 2.05) is 24.3 Å². The van der Waals surface area contributed by atoms with E-state index in [2.05, 4.69) is 57.9 Å². The Morgan fingerprint density at radius 2 is 1.77 bits per heavy atom. The standard InChI is InChI=1S/C21H21N3OS/c1-16-8-2-5-11-19(16)25-14-6-7-15-26-21-23-22-20-13-12-17-9-3-4-10-18(17)24(20)21/h2-5,8-13H,6-7,14-15H2,1H3. The molecule has 0 aliphatic heterocycles. The number of thioether (sulfide) groups is 1. The Balaban J connectivity index is 1.34. The molecule has 0 bridgehead atoms. The number of fused-ring (bicyclic) bond motifs is 3. The number of rotatable bonds is 7. The fourth-order valence-corrected chi connectivity index (χ4v) is 3.92. The highest BCUT2D eigenvalue weighted by Crippen LogP contribution is 2.24. The lowest BCUT2D eigenvalue weighted by molar-refractivity contribution is 0.308. The minimum atomic E-state index is 0.745. The zero-order chi connectivity index (χ0) is 17.8.